The van der Waals surface area contributed by atoms with Gasteiger partial charge in [-0.25, -0.2) is 17.2 Å². The van der Waals surface area contributed by atoms with E-state index in [1.54, 1.807) is 12.1 Å². The molecule has 0 spiro atoms. The fraction of sp³-hybridized carbons (Fsp3) is 0.0500. The lowest BCUT2D eigenvalue weighted by molar-refractivity contribution is 0.102. The summed E-state index contributed by atoms with van der Waals surface area (Å²) in [5, 5.41) is 12.3. The molecular weight excluding hydrogens is 402 g/mol. The third-order valence-corrected chi connectivity index (χ3v) is 4.54. The first-order valence-electron chi connectivity index (χ1n) is 8.30. The minimum Gasteiger partial charge on any atom is -0.506 e. The molecule has 0 saturated carbocycles. The number of amides is 1. The number of phenolic OH excluding ortho intramolecular Hbond substituents is 1. The number of halogens is 2. The summed E-state index contributed by atoms with van der Waals surface area (Å²) in [6.45, 7) is 0. The lowest BCUT2D eigenvalue weighted by Crippen LogP contribution is -2.13. The number of carbonyl (C=O) groups is 1. The van der Waals surface area contributed by atoms with Crippen molar-refractivity contribution >= 4 is 27.3 Å². The monoisotopic (exact) mass is 418 g/mol. The Morgan fingerprint density at radius 1 is 0.897 bits per heavy atom. The third-order valence-electron chi connectivity index (χ3n) is 3.95. The number of benzene rings is 3. The fourth-order valence-corrected chi connectivity index (χ4v) is 3.15. The second-order valence-corrected chi connectivity index (χ2v) is 8.01. The molecule has 0 unspecified atom stereocenters. The number of nitrogens with one attached hydrogen (secondary N) is 2. The van der Waals surface area contributed by atoms with Crippen LogP contribution in [0.2, 0.25) is 0 Å². The van der Waals surface area contributed by atoms with Crippen LogP contribution in [-0.2, 0) is 10.0 Å². The van der Waals surface area contributed by atoms with Crippen LogP contribution in [0.3, 0.4) is 0 Å². The van der Waals surface area contributed by atoms with Gasteiger partial charge in [0.15, 0.2) is 11.6 Å². The zero-order chi connectivity index (χ0) is 21.2. The summed E-state index contributed by atoms with van der Waals surface area (Å²) in [6.07, 6.45) is 0.937. The number of hydrogen-bond donors (Lipinski definition) is 3. The average Bonchev–Trinajstić information content (AvgIpc) is 2.65. The summed E-state index contributed by atoms with van der Waals surface area (Å²) in [5.41, 5.74) is 1.56. The summed E-state index contributed by atoms with van der Waals surface area (Å²) in [5.74, 6) is -2.67. The SMILES string of the molecule is CS(=O)(=O)Nc1cc(NC(=O)c2ccc(-c3ccc(F)c(F)c3)cc2)ccc1O. The van der Waals surface area contributed by atoms with E-state index in [2.05, 4.69) is 10.0 Å². The van der Waals surface area contributed by atoms with Crippen molar-refractivity contribution in [1.29, 1.82) is 0 Å². The summed E-state index contributed by atoms with van der Waals surface area (Å²) < 4.78 is 51.3. The molecule has 0 aliphatic heterocycles. The summed E-state index contributed by atoms with van der Waals surface area (Å²) >= 11 is 0. The average molecular weight is 418 g/mol. The molecule has 0 atom stereocenters. The van der Waals surface area contributed by atoms with Crippen molar-refractivity contribution in [3.8, 4) is 16.9 Å². The molecular formula is C20H16F2N2O4S. The quantitative estimate of drug-likeness (QED) is 0.432. The van der Waals surface area contributed by atoms with E-state index >= 15 is 0 Å². The Hall–Kier alpha value is -3.46. The maximum atomic E-state index is 13.4. The van der Waals surface area contributed by atoms with Gasteiger partial charge in [-0.05, 0) is 53.6 Å². The van der Waals surface area contributed by atoms with E-state index in [0.717, 1.165) is 18.4 Å². The normalized spacial score (nSPS) is 11.1. The summed E-state index contributed by atoms with van der Waals surface area (Å²) in [6, 6.07) is 13.7. The maximum absolute atomic E-state index is 13.4. The Morgan fingerprint density at radius 3 is 2.17 bits per heavy atom. The molecule has 3 aromatic rings. The minimum absolute atomic E-state index is 0.0704. The number of aromatic hydroxyl groups is 1. The number of phenols is 1. The number of hydrogen-bond acceptors (Lipinski definition) is 4. The standard InChI is InChI=1S/C20H16F2N2O4S/c1-29(27,28)24-18-11-15(7-9-19(18)25)23-20(26)13-4-2-12(3-5-13)14-6-8-16(21)17(22)10-14/h2-11,24-25H,1H3,(H,23,26). The van der Waals surface area contributed by atoms with E-state index in [-0.39, 0.29) is 17.1 Å². The van der Waals surface area contributed by atoms with Crippen LogP contribution in [0.5, 0.6) is 5.75 Å². The summed E-state index contributed by atoms with van der Waals surface area (Å²) in [4.78, 5) is 12.4. The number of carbonyl (C=O) groups excluding carboxylic acids is 1. The van der Waals surface area contributed by atoms with Crippen molar-refractivity contribution in [1.82, 2.24) is 0 Å². The molecule has 6 nitrogen and oxygen atoms in total. The van der Waals surface area contributed by atoms with E-state index in [4.69, 9.17) is 0 Å². The maximum Gasteiger partial charge on any atom is 0.255 e. The van der Waals surface area contributed by atoms with Crippen LogP contribution in [0.4, 0.5) is 20.2 Å². The van der Waals surface area contributed by atoms with E-state index < -0.39 is 27.6 Å². The van der Waals surface area contributed by atoms with Gasteiger partial charge < -0.3 is 10.4 Å². The van der Waals surface area contributed by atoms with E-state index in [9.17, 15) is 27.1 Å². The topological polar surface area (TPSA) is 95.5 Å². The molecule has 3 N–H and O–H groups in total. The van der Waals surface area contributed by atoms with Crippen LogP contribution in [0.25, 0.3) is 11.1 Å². The van der Waals surface area contributed by atoms with Crippen molar-refractivity contribution in [3.63, 3.8) is 0 Å². The molecule has 0 radical (unpaired) electrons. The molecule has 0 heterocycles. The van der Waals surface area contributed by atoms with Gasteiger partial charge in [0, 0.05) is 11.3 Å². The van der Waals surface area contributed by atoms with Crippen LogP contribution in [-0.4, -0.2) is 25.7 Å². The first kappa shape index (κ1) is 20.3. The van der Waals surface area contributed by atoms with Gasteiger partial charge in [0.2, 0.25) is 10.0 Å². The molecule has 0 saturated heterocycles. The Balaban J connectivity index is 1.77. The Bertz CT molecular complexity index is 1180. The highest BCUT2D eigenvalue weighted by Crippen LogP contribution is 2.28. The highest BCUT2D eigenvalue weighted by Gasteiger charge is 2.11. The third kappa shape index (κ3) is 5.08. The van der Waals surface area contributed by atoms with Crippen LogP contribution in [0.1, 0.15) is 10.4 Å². The largest absolute Gasteiger partial charge is 0.506 e. The lowest BCUT2D eigenvalue weighted by atomic mass is 10.0. The van der Waals surface area contributed by atoms with Crippen LogP contribution < -0.4 is 10.0 Å². The van der Waals surface area contributed by atoms with Gasteiger partial charge in [-0.3, -0.25) is 9.52 Å². The van der Waals surface area contributed by atoms with Crippen molar-refractivity contribution < 1.29 is 27.1 Å². The van der Waals surface area contributed by atoms with Gasteiger partial charge in [0.1, 0.15) is 5.75 Å². The van der Waals surface area contributed by atoms with Crippen LogP contribution in [0, 0.1) is 11.6 Å². The van der Waals surface area contributed by atoms with Gasteiger partial charge in [-0.2, -0.15) is 0 Å². The molecule has 0 aliphatic carbocycles. The van der Waals surface area contributed by atoms with Gasteiger partial charge in [0.25, 0.3) is 5.91 Å². The highest BCUT2D eigenvalue weighted by molar-refractivity contribution is 7.92. The van der Waals surface area contributed by atoms with Crippen LogP contribution in [0.15, 0.2) is 60.7 Å². The first-order chi connectivity index (χ1) is 13.6. The van der Waals surface area contributed by atoms with E-state index in [1.807, 2.05) is 0 Å². The molecule has 150 valence electrons. The van der Waals surface area contributed by atoms with Gasteiger partial charge in [-0.15, -0.1) is 0 Å². The lowest BCUT2D eigenvalue weighted by Gasteiger charge is -2.10. The first-order valence-corrected chi connectivity index (χ1v) is 10.2. The number of rotatable bonds is 5. The number of sulfonamides is 1. The molecule has 3 rings (SSSR count). The second-order valence-electron chi connectivity index (χ2n) is 6.27. The molecule has 0 bridgehead atoms. The van der Waals surface area contributed by atoms with Crippen molar-refractivity contribution in [3.05, 3.63) is 77.9 Å². The smallest absolute Gasteiger partial charge is 0.255 e. The molecule has 9 heteroatoms. The van der Waals surface area contributed by atoms with E-state index in [1.165, 1.54) is 36.4 Å². The zero-order valence-corrected chi connectivity index (χ0v) is 15.9. The van der Waals surface area contributed by atoms with Crippen LogP contribution >= 0.6 is 0 Å². The molecule has 1 amide bonds. The van der Waals surface area contributed by atoms with Gasteiger partial charge in [-0.1, -0.05) is 18.2 Å². The molecule has 0 aliphatic rings. The Morgan fingerprint density at radius 2 is 1.55 bits per heavy atom. The minimum atomic E-state index is -3.61. The van der Waals surface area contributed by atoms with Crippen molar-refractivity contribution in [2.45, 2.75) is 0 Å². The zero-order valence-electron chi connectivity index (χ0n) is 15.1. The molecule has 3 aromatic carbocycles. The fourth-order valence-electron chi connectivity index (χ4n) is 2.59. The van der Waals surface area contributed by atoms with Gasteiger partial charge >= 0.3 is 0 Å². The molecule has 0 aromatic heterocycles. The molecule has 0 fully saturated rings. The Labute approximate surface area is 165 Å². The molecule has 29 heavy (non-hydrogen) atoms. The highest BCUT2D eigenvalue weighted by atomic mass is 32.2. The van der Waals surface area contributed by atoms with Gasteiger partial charge in [0.05, 0.1) is 11.9 Å². The summed E-state index contributed by atoms with van der Waals surface area (Å²) in [7, 11) is -3.61. The van der Waals surface area contributed by atoms with Crippen molar-refractivity contribution in [2.75, 3.05) is 16.3 Å². The predicted octanol–water partition coefficient (Wildman–Crippen LogP) is 3.96. The van der Waals surface area contributed by atoms with E-state index in [0.29, 0.717) is 16.7 Å². The second kappa shape index (κ2) is 7.88. The van der Waals surface area contributed by atoms with Crippen molar-refractivity contribution in [2.24, 2.45) is 0 Å². The number of anilines is 2. The predicted molar refractivity (Wildman–Crippen MR) is 106 cm³/mol. The Kier molecular flexibility index (Phi) is 5.51.